The van der Waals surface area contributed by atoms with Crippen LogP contribution in [0.3, 0.4) is 0 Å². The second-order valence-electron chi connectivity index (χ2n) is 4.69. The van der Waals surface area contributed by atoms with Crippen molar-refractivity contribution in [3.8, 4) is 17.2 Å². The molecule has 0 fully saturated rings. The molecule has 5 heteroatoms. The lowest BCUT2D eigenvalue weighted by Crippen LogP contribution is -2.04. The second kappa shape index (κ2) is 6.85. The van der Waals surface area contributed by atoms with Crippen LogP contribution in [0.1, 0.15) is 11.1 Å². The van der Waals surface area contributed by atoms with Gasteiger partial charge in [0, 0.05) is 24.9 Å². The third-order valence-corrected chi connectivity index (χ3v) is 3.28. The summed E-state index contributed by atoms with van der Waals surface area (Å²) >= 11 is 0. The van der Waals surface area contributed by atoms with E-state index in [9.17, 15) is 15.3 Å². The second-order valence-corrected chi connectivity index (χ2v) is 4.69. The fourth-order valence-corrected chi connectivity index (χ4v) is 2.07. The number of methoxy groups -OCH3 is 1. The number of phenolic OH excluding ortho intramolecular Hbond substituents is 3. The molecule has 0 aliphatic carbocycles. The van der Waals surface area contributed by atoms with Crippen LogP contribution in [0.2, 0.25) is 0 Å². The number of nitrogens with one attached hydrogen (secondary N) is 1. The first-order valence-corrected chi connectivity index (χ1v) is 6.67. The highest BCUT2D eigenvalue weighted by Gasteiger charge is 2.11. The number of hydrogen-bond donors (Lipinski definition) is 4. The lowest BCUT2D eigenvalue weighted by molar-refractivity contribution is 0.202. The quantitative estimate of drug-likeness (QED) is 0.615. The minimum absolute atomic E-state index is 0.308. The summed E-state index contributed by atoms with van der Waals surface area (Å²) in [5, 5.41) is 31.8. The molecule has 0 spiro atoms. The first-order valence-electron chi connectivity index (χ1n) is 6.67. The summed E-state index contributed by atoms with van der Waals surface area (Å²) in [7, 11) is 1.66. The highest BCUT2D eigenvalue weighted by molar-refractivity contribution is 5.56. The van der Waals surface area contributed by atoms with E-state index in [1.54, 1.807) is 13.2 Å². The Morgan fingerprint density at radius 3 is 2.48 bits per heavy atom. The molecule has 2 rings (SSSR count). The monoisotopic (exact) mass is 289 g/mol. The van der Waals surface area contributed by atoms with Crippen molar-refractivity contribution in [1.82, 2.24) is 0 Å². The summed E-state index contributed by atoms with van der Waals surface area (Å²) in [6, 6.07) is 10.8. The Morgan fingerprint density at radius 2 is 1.71 bits per heavy atom. The first-order chi connectivity index (χ1) is 10.1. The van der Waals surface area contributed by atoms with Gasteiger partial charge in [0.15, 0.2) is 11.5 Å². The Balaban J connectivity index is 2.11. The first kappa shape index (κ1) is 15.0. The standard InChI is InChI=1S/C16H19NO4/c1-21-9-8-11-4-2-3-5-13(11)17-10-12-6-7-14(18)16(20)15(12)19/h2-7,17-20H,8-10H2,1H3. The molecular formula is C16H19NO4. The van der Waals surface area contributed by atoms with E-state index in [1.807, 2.05) is 24.3 Å². The van der Waals surface area contributed by atoms with Gasteiger partial charge in [-0.2, -0.15) is 0 Å². The van der Waals surface area contributed by atoms with Gasteiger partial charge in [0.2, 0.25) is 5.75 Å². The number of phenols is 3. The average Bonchev–Trinajstić information content (AvgIpc) is 2.51. The SMILES string of the molecule is COCCc1ccccc1NCc1ccc(O)c(O)c1O. The Kier molecular flexibility index (Phi) is 4.90. The molecule has 0 atom stereocenters. The van der Waals surface area contributed by atoms with Crippen LogP contribution in [0.15, 0.2) is 36.4 Å². The molecule has 0 unspecified atom stereocenters. The summed E-state index contributed by atoms with van der Waals surface area (Å²) in [6.45, 7) is 0.966. The largest absolute Gasteiger partial charge is 0.504 e. The van der Waals surface area contributed by atoms with Crippen LogP contribution in [0.4, 0.5) is 5.69 Å². The Hall–Kier alpha value is -2.40. The van der Waals surface area contributed by atoms with Crippen molar-refractivity contribution in [2.45, 2.75) is 13.0 Å². The van der Waals surface area contributed by atoms with Gasteiger partial charge in [0.25, 0.3) is 0 Å². The molecule has 0 bridgehead atoms. The number of anilines is 1. The summed E-state index contributed by atoms with van der Waals surface area (Å²) in [4.78, 5) is 0. The van der Waals surface area contributed by atoms with E-state index in [4.69, 9.17) is 4.74 Å². The van der Waals surface area contributed by atoms with Gasteiger partial charge in [-0.1, -0.05) is 18.2 Å². The number of ether oxygens (including phenoxy) is 1. The predicted molar refractivity (Wildman–Crippen MR) is 80.8 cm³/mol. The maximum absolute atomic E-state index is 9.80. The van der Waals surface area contributed by atoms with Gasteiger partial charge >= 0.3 is 0 Å². The molecule has 0 heterocycles. The predicted octanol–water partition coefficient (Wildman–Crippen LogP) is 2.60. The number of hydrogen-bond acceptors (Lipinski definition) is 5. The molecule has 0 amide bonds. The molecule has 21 heavy (non-hydrogen) atoms. The highest BCUT2D eigenvalue weighted by atomic mass is 16.5. The smallest absolute Gasteiger partial charge is 0.200 e. The normalized spacial score (nSPS) is 10.5. The zero-order valence-electron chi connectivity index (χ0n) is 11.8. The number of benzene rings is 2. The minimum Gasteiger partial charge on any atom is -0.504 e. The third-order valence-electron chi connectivity index (χ3n) is 3.28. The van der Waals surface area contributed by atoms with Gasteiger partial charge in [-0.05, 0) is 30.2 Å². The fourth-order valence-electron chi connectivity index (χ4n) is 2.07. The van der Waals surface area contributed by atoms with Gasteiger partial charge in [-0.3, -0.25) is 0 Å². The van der Waals surface area contributed by atoms with Crippen molar-refractivity contribution in [2.75, 3.05) is 19.0 Å². The van der Waals surface area contributed by atoms with Crippen LogP contribution in [0.25, 0.3) is 0 Å². The molecule has 112 valence electrons. The summed E-state index contributed by atoms with van der Waals surface area (Å²) in [5.41, 5.74) is 2.56. The summed E-state index contributed by atoms with van der Waals surface area (Å²) in [6.07, 6.45) is 0.784. The van der Waals surface area contributed by atoms with Crippen molar-refractivity contribution < 1.29 is 20.1 Å². The van der Waals surface area contributed by atoms with Crippen molar-refractivity contribution in [3.63, 3.8) is 0 Å². The van der Waals surface area contributed by atoms with Gasteiger partial charge < -0.3 is 25.4 Å². The molecule has 0 radical (unpaired) electrons. The van der Waals surface area contributed by atoms with E-state index < -0.39 is 5.75 Å². The van der Waals surface area contributed by atoms with Crippen LogP contribution >= 0.6 is 0 Å². The summed E-state index contributed by atoms with van der Waals surface area (Å²) < 4.78 is 5.08. The number of rotatable bonds is 6. The van der Waals surface area contributed by atoms with Crippen LogP contribution in [0.5, 0.6) is 17.2 Å². The third kappa shape index (κ3) is 3.58. The topological polar surface area (TPSA) is 82.0 Å². The van der Waals surface area contributed by atoms with E-state index in [0.29, 0.717) is 18.7 Å². The van der Waals surface area contributed by atoms with Crippen LogP contribution in [0, 0.1) is 0 Å². The molecule has 5 nitrogen and oxygen atoms in total. The van der Waals surface area contributed by atoms with Gasteiger partial charge in [0.05, 0.1) is 6.61 Å². The Bertz CT molecular complexity index is 613. The number of para-hydroxylation sites is 1. The zero-order valence-corrected chi connectivity index (χ0v) is 11.8. The van der Waals surface area contributed by atoms with E-state index >= 15 is 0 Å². The van der Waals surface area contributed by atoms with Gasteiger partial charge in [-0.25, -0.2) is 0 Å². The average molecular weight is 289 g/mol. The van der Waals surface area contributed by atoms with E-state index in [1.165, 1.54) is 6.07 Å². The lowest BCUT2D eigenvalue weighted by Gasteiger charge is -2.13. The van der Waals surface area contributed by atoms with Gasteiger partial charge in [0.1, 0.15) is 0 Å². The summed E-state index contributed by atoms with van der Waals surface area (Å²) in [5.74, 6) is -1.14. The molecule has 0 saturated heterocycles. The molecule has 4 N–H and O–H groups in total. The molecule has 0 saturated carbocycles. The van der Waals surface area contributed by atoms with Crippen LogP contribution in [-0.2, 0) is 17.7 Å². The van der Waals surface area contributed by atoms with E-state index in [2.05, 4.69) is 5.32 Å². The molecule has 2 aromatic carbocycles. The molecular weight excluding hydrogens is 270 g/mol. The highest BCUT2D eigenvalue weighted by Crippen LogP contribution is 2.37. The van der Waals surface area contributed by atoms with Gasteiger partial charge in [-0.15, -0.1) is 0 Å². The fraction of sp³-hybridized carbons (Fsp3) is 0.250. The Labute approximate surface area is 123 Å². The minimum atomic E-state index is -0.498. The zero-order chi connectivity index (χ0) is 15.2. The van der Waals surface area contributed by atoms with Crippen LogP contribution < -0.4 is 5.32 Å². The van der Waals surface area contributed by atoms with Crippen molar-refractivity contribution in [1.29, 1.82) is 0 Å². The lowest BCUT2D eigenvalue weighted by atomic mass is 10.1. The molecule has 0 aliphatic heterocycles. The van der Waals surface area contributed by atoms with Crippen LogP contribution in [-0.4, -0.2) is 29.0 Å². The van der Waals surface area contributed by atoms with E-state index in [-0.39, 0.29) is 11.5 Å². The maximum atomic E-state index is 9.80. The maximum Gasteiger partial charge on any atom is 0.200 e. The molecule has 0 aromatic heterocycles. The molecule has 2 aromatic rings. The van der Waals surface area contributed by atoms with Crippen molar-refractivity contribution in [2.24, 2.45) is 0 Å². The van der Waals surface area contributed by atoms with E-state index in [0.717, 1.165) is 17.7 Å². The Morgan fingerprint density at radius 1 is 0.952 bits per heavy atom. The van der Waals surface area contributed by atoms with Crippen molar-refractivity contribution >= 4 is 5.69 Å². The number of aromatic hydroxyl groups is 3. The van der Waals surface area contributed by atoms with Crippen molar-refractivity contribution in [3.05, 3.63) is 47.5 Å². The molecule has 0 aliphatic rings.